The Kier molecular flexibility index (Phi) is 5.60. The zero-order chi connectivity index (χ0) is 21.9. The summed E-state index contributed by atoms with van der Waals surface area (Å²) in [6.45, 7) is 2.88. The van der Waals surface area contributed by atoms with Gasteiger partial charge in [-0.1, -0.05) is 0 Å². The number of hydrogen-bond acceptors (Lipinski definition) is 10. The van der Waals surface area contributed by atoms with Crippen molar-refractivity contribution in [3.05, 3.63) is 48.4 Å². The highest BCUT2D eigenvalue weighted by atomic mass is 32.2. The van der Waals surface area contributed by atoms with Crippen LogP contribution in [0, 0.1) is 0 Å². The van der Waals surface area contributed by atoms with Crippen molar-refractivity contribution in [2.75, 3.05) is 17.1 Å². The number of nitrogens with zero attached hydrogens (tertiary/aromatic N) is 2. The number of methoxy groups -OCH3 is 1. The topological polar surface area (TPSA) is 146 Å². The van der Waals surface area contributed by atoms with Crippen LogP contribution in [0.4, 0.5) is 11.6 Å². The van der Waals surface area contributed by atoms with E-state index in [0.29, 0.717) is 11.4 Å². The molecule has 1 aromatic carbocycles. The number of carbonyl (C=O) groups is 2. The van der Waals surface area contributed by atoms with Gasteiger partial charge in [-0.2, -0.15) is 0 Å². The number of ether oxygens (including phenoxy) is 3. The van der Waals surface area contributed by atoms with Crippen molar-refractivity contribution in [3.8, 4) is 5.75 Å². The summed E-state index contributed by atoms with van der Waals surface area (Å²) in [4.78, 5) is 31.5. The molecule has 0 spiro atoms. The number of aromatic nitrogens is 2. The summed E-state index contributed by atoms with van der Waals surface area (Å²) in [5, 5.41) is 2.73. The van der Waals surface area contributed by atoms with Crippen molar-refractivity contribution in [2.24, 2.45) is 0 Å². The molecule has 0 bridgehead atoms. The number of anilines is 2. The summed E-state index contributed by atoms with van der Waals surface area (Å²) in [5.41, 5.74) is 0.108. The van der Waals surface area contributed by atoms with Crippen LogP contribution in [0.5, 0.6) is 5.75 Å². The zero-order valence-corrected chi connectivity index (χ0v) is 17.0. The summed E-state index contributed by atoms with van der Waals surface area (Å²) in [6.07, 6.45) is 3.79. The molecule has 1 fully saturated rings. The zero-order valence-electron chi connectivity index (χ0n) is 16.2. The van der Waals surface area contributed by atoms with E-state index in [-0.39, 0.29) is 16.4 Å². The van der Waals surface area contributed by atoms with Gasteiger partial charge in [0.25, 0.3) is 15.8 Å². The van der Waals surface area contributed by atoms with Crippen molar-refractivity contribution in [1.82, 2.24) is 9.97 Å². The Labute approximate surface area is 172 Å². The normalized spacial score (nSPS) is 15.6. The molecule has 30 heavy (non-hydrogen) atoms. The maximum absolute atomic E-state index is 12.4. The third-order valence-electron chi connectivity index (χ3n) is 3.75. The van der Waals surface area contributed by atoms with Gasteiger partial charge < -0.3 is 19.5 Å². The summed E-state index contributed by atoms with van der Waals surface area (Å²) in [5.74, 6) is -2.71. The smallest absolute Gasteiger partial charge is 0.350 e. The molecule has 2 heterocycles. The number of nitrogens with one attached hydrogen (secondary N) is 2. The molecular formula is C18H18N4O7S. The molecule has 2 aromatic rings. The van der Waals surface area contributed by atoms with Crippen LogP contribution in [0.15, 0.2) is 53.3 Å². The van der Waals surface area contributed by atoms with Crippen LogP contribution in [0.2, 0.25) is 0 Å². The highest BCUT2D eigenvalue weighted by Crippen LogP contribution is 2.23. The van der Waals surface area contributed by atoms with E-state index in [9.17, 15) is 18.0 Å². The number of hydrogen-bond donors (Lipinski definition) is 2. The molecule has 3 rings (SSSR count). The first-order valence-corrected chi connectivity index (χ1v) is 10.0. The number of rotatable bonds is 6. The monoisotopic (exact) mass is 434 g/mol. The van der Waals surface area contributed by atoms with Gasteiger partial charge in [0.2, 0.25) is 5.95 Å². The molecule has 1 aliphatic heterocycles. The fraction of sp³-hybridized carbons (Fsp3) is 0.222. The lowest BCUT2D eigenvalue weighted by Gasteiger charge is -2.29. The van der Waals surface area contributed by atoms with Crippen LogP contribution >= 0.6 is 0 Å². The summed E-state index contributed by atoms with van der Waals surface area (Å²) in [6, 6.07) is 5.55. The highest BCUT2D eigenvalue weighted by Gasteiger charge is 2.38. The second-order valence-corrected chi connectivity index (χ2v) is 8.14. The van der Waals surface area contributed by atoms with E-state index in [2.05, 4.69) is 20.0 Å². The van der Waals surface area contributed by atoms with Gasteiger partial charge in [-0.05, 0) is 24.3 Å². The summed E-state index contributed by atoms with van der Waals surface area (Å²) >= 11 is 0. The maximum Gasteiger partial charge on any atom is 0.350 e. The maximum atomic E-state index is 12.4. The molecule has 0 unspecified atom stereocenters. The lowest BCUT2D eigenvalue weighted by Crippen LogP contribution is -2.42. The Morgan fingerprint density at radius 1 is 1.03 bits per heavy atom. The predicted octanol–water partition coefficient (Wildman–Crippen LogP) is 1.42. The molecule has 2 N–H and O–H groups in total. The summed E-state index contributed by atoms with van der Waals surface area (Å²) < 4.78 is 42.0. The lowest BCUT2D eigenvalue weighted by atomic mass is 10.2. The first kappa shape index (κ1) is 21.0. The molecule has 0 radical (unpaired) electrons. The van der Waals surface area contributed by atoms with Gasteiger partial charge in [0.05, 0.1) is 24.4 Å². The van der Waals surface area contributed by atoms with E-state index in [1.165, 1.54) is 57.6 Å². The second-order valence-electron chi connectivity index (χ2n) is 6.46. The molecule has 12 heteroatoms. The minimum absolute atomic E-state index is 0.0432. The molecule has 11 nitrogen and oxygen atoms in total. The predicted molar refractivity (Wildman–Crippen MR) is 104 cm³/mol. The fourth-order valence-electron chi connectivity index (χ4n) is 2.32. The fourth-order valence-corrected chi connectivity index (χ4v) is 3.28. The van der Waals surface area contributed by atoms with Crippen molar-refractivity contribution in [1.29, 1.82) is 0 Å². The van der Waals surface area contributed by atoms with E-state index in [4.69, 9.17) is 14.2 Å². The van der Waals surface area contributed by atoms with Crippen LogP contribution in [-0.2, 0) is 29.1 Å². The number of esters is 2. The van der Waals surface area contributed by atoms with E-state index in [1.54, 1.807) is 0 Å². The first-order valence-electron chi connectivity index (χ1n) is 8.52. The largest absolute Gasteiger partial charge is 0.494 e. The molecule has 0 aliphatic carbocycles. The molecule has 0 amide bonds. The average molecular weight is 434 g/mol. The molecule has 1 saturated heterocycles. The number of sulfonamides is 1. The molecule has 158 valence electrons. The van der Waals surface area contributed by atoms with Gasteiger partial charge in [0.1, 0.15) is 0 Å². The highest BCUT2D eigenvalue weighted by molar-refractivity contribution is 7.92. The van der Waals surface area contributed by atoms with Crippen LogP contribution in [0.1, 0.15) is 13.8 Å². The molecule has 0 atom stereocenters. The third-order valence-corrected chi connectivity index (χ3v) is 5.10. The quantitative estimate of drug-likeness (QED) is 0.389. The first-order chi connectivity index (χ1) is 14.1. The van der Waals surface area contributed by atoms with E-state index < -0.39 is 27.7 Å². The van der Waals surface area contributed by atoms with Gasteiger partial charge in [0, 0.05) is 25.7 Å². The molecular weight excluding hydrogens is 416 g/mol. The molecule has 1 aromatic heterocycles. The van der Waals surface area contributed by atoms with Crippen LogP contribution in [0.3, 0.4) is 0 Å². The molecule has 0 saturated carbocycles. The van der Waals surface area contributed by atoms with Crippen molar-refractivity contribution in [3.63, 3.8) is 0 Å². The number of benzene rings is 1. The molecule has 1 aliphatic rings. The summed E-state index contributed by atoms with van der Waals surface area (Å²) in [7, 11) is -2.48. The van der Waals surface area contributed by atoms with Crippen LogP contribution < -0.4 is 14.8 Å². The van der Waals surface area contributed by atoms with Crippen LogP contribution in [0.25, 0.3) is 0 Å². The van der Waals surface area contributed by atoms with Gasteiger partial charge in [0.15, 0.2) is 11.3 Å². The Morgan fingerprint density at radius 3 is 2.13 bits per heavy atom. The third kappa shape index (κ3) is 4.84. The minimum atomic E-state index is -3.92. The Balaban J connectivity index is 1.69. The standard InChI is InChI=1S/C18H18N4O7S/c1-18(2)28-15(23)14(16(24)29-18)10-19-11-4-6-13(7-5-11)30(25,26)22-17-20-8-12(27-3)9-21-17/h4-10,19H,1-3H3,(H,20,21,22). The van der Waals surface area contributed by atoms with E-state index >= 15 is 0 Å². The van der Waals surface area contributed by atoms with E-state index in [1.807, 2.05) is 0 Å². The van der Waals surface area contributed by atoms with Gasteiger partial charge >= 0.3 is 11.9 Å². The number of cyclic esters (lactones) is 2. The Hall–Kier alpha value is -3.67. The van der Waals surface area contributed by atoms with Gasteiger partial charge in [-0.3, -0.25) is 0 Å². The number of carbonyl (C=O) groups excluding carboxylic acids is 2. The van der Waals surface area contributed by atoms with Crippen molar-refractivity contribution < 1.29 is 32.2 Å². The van der Waals surface area contributed by atoms with Crippen molar-refractivity contribution in [2.45, 2.75) is 24.5 Å². The Morgan fingerprint density at radius 2 is 1.60 bits per heavy atom. The van der Waals surface area contributed by atoms with Crippen molar-refractivity contribution >= 4 is 33.6 Å². The SMILES string of the molecule is COc1cnc(NS(=O)(=O)c2ccc(NC=C3C(=O)OC(C)(C)OC3=O)cc2)nc1. The second kappa shape index (κ2) is 7.99. The van der Waals surface area contributed by atoms with Gasteiger partial charge in [-0.15, -0.1) is 0 Å². The van der Waals surface area contributed by atoms with E-state index in [0.717, 1.165) is 6.20 Å². The van der Waals surface area contributed by atoms with Crippen LogP contribution in [-0.4, -0.2) is 43.2 Å². The average Bonchev–Trinajstić information content (AvgIpc) is 2.67. The Bertz CT molecular complexity index is 1070. The van der Waals surface area contributed by atoms with Gasteiger partial charge in [-0.25, -0.2) is 32.7 Å². The lowest BCUT2D eigenvalue weighted by molar-refractivity contribution is -0.222. The minimum Gasteiger partial charge on any atom is -0.494 e.